The molecule has 0 aliphatic rings. The van der Waals surface area contributed by atoms with E-state index < -0.39 is 5.91 Å². The van der Waals surface area contributed by atoms with E-state index in [2.05, 4.69) is 25.8 Å². The van der Waals surface area contributed by atoms with Crippen molar-refractivity contribution < 1.29 is 9.59 Å². The zero-order valence-electron chi connectivity index (χ0n) is 11.6. The number of carbonyl (C=O) groups excluding carboxylic acids is 2. The Morgan fingerprint density at radius 1 is 1.24 bits per heavy atom. The van der Waals surface area contributed by atoms with Gasteiger partial charge in [0.05, 0.1) is 5.75 Å². The molecule has 3 N–H and O–H groups in total. The molecule has 8 heteroatoms. The summed E-state index contributed by atoms with van der Waals surface area (Å²) >= 11 is 1.21. The van der Waals surface area contributed by atoms with Gasteiger partial charge >= 0.3 is 0 Å². The van der Waals surface area contributed by atoms with Crippen molar-refractivity contribution in [3.05, 3.63) is 41.5 Å². The van der Waals surface area contributed by atoms with Crippen LogP contribution in [0.3, 0.4) is 0 Å². The summed E-state index contributed by atoms with van der Waals surface area (Å²) in [5, 5.41) is 0.540. The highest BCUT2D eigenvalue weighted by Gasteiger charge is 2.09. The Kier molecular flexibility index (Phi) is 4.94. The Bertz CT molecular complexity index is 622. The predicted molar refractivity (Wildman–Crippen MR) is 78.6 cm³/mol. The molecule has 0 spiro atoms. The molecular formula is C13H15N5O2S. The number of thioether (sulfide) groups is 1. The van der Waals surface area contributed by atoms with Crippen molar-refractivity contribution in [1.82, 2.24) is 25.8 Å². The molecule has 0 aliphatic heterocycles. The number of amides is 2. The van der Waals surface area contributed by atoms with Crippen LogP contribution in [0.15, 0.2) is 29.6 Å². The quantitative estimate of drug-likeness (QED) is 0.444. The van der Waals surface area contributed by atoms with Crippen LogP contribution in [0, 0.1) is 13.8 Å². The first-order valence-corrected chi connectivity index (χ1v) is 7.21. The molecular weight excluding hydrogens is 290 g/mol. The summed E-state index contributed by atoms with van der Waals surface area (Å²) in [6.07, 6.45) is 1.63. The molecule has 2 amide bonds. The standard InChI is InChI=1S/C13H15N5O2S/c1-8-6-9(2)16-13(15-8)21-7-11(19)17-18-12(20)10-4-3-5-14-10/h3-6,14H,7H2,1-2H3,(H,17,19)(H,18,20). The van der Waals surface area contributed by atoms with Crippen molar-refractivity contribution in [2.24, 2.45) is 0 Å². The van der Waals surface area contributed by atoms with Gasteiger partial charge in [0.15, 0.2) is 5.16 Å². The van der Waals surface area contributed by atoms with Crippen molar-refractivity contribution >= 4 is 23.6 Å². The first-order valence-electron chi connectivity index (χ1n) is 6.22. The molecule has 0 radical (unpaired) electrons. The molecule has 0 aromatic carbocycles. The van der Waals surface area contributed by atoms with Gasteiger partial charge in [-0.1, -0.05) is 11.8 Å². The third-order valence-electron chi connectivity index (χ3n) is 2.45. The van der Waals surface area contributed by atoms with Crippen LogP contribution in [0.25, 0.3) is 0 Å². The maximum atomic E-state index is 11.6. The van der Waals surface area contributed by atoms with Crippen LogP contribution in [-0.2, 0) is 4.79 Å². The second-order valence-corrected chi connectivity index (χ2v) is 5.25. The van der Waals surface area contributed by atoms with Crippen LogP contribution in [0.4, 0.5) is 0 Å². The summed E-state index contributed by atoms with van der Waals surface area (Å²) in [4.78, 5) is 34.4. The largest absolute Gasteiger partial charge is 0.357 e. The van der Waals surface area contributed by atoms with Gasteiger partial charge in [-0.3, -0.25) is 20.4 Å². The maximum Gasteiger partial charge on any atom is 0.286 e. The number of hydrogen-bond acceptors (Lipinski definition) is 5. The van der Waals surface area contributed by atoms with Gasteiger partial charge in [-0.15, -0.1) is 0 Å². The molecule has 2 aromatic heterocycles. The van der Waals surface area contributed by atoms with Gasteiger partial charge in [0.25, 0.3) is 5.91 Å². The number of hydrogen-bond donors (Lipinski definition) is 3. The maximum absolute atomic E-state index is 11.6. The monoisotopic (exact) mass is 305 g/mol. The number of aromatic nitrogens is 3. The molecule has 7 nitrogen and oxygen atoms in total. The lowest BCUT2D eigenvalue weighted by Crippen LogP contribution is -2.42. The Balaban J connectivity index is 1.78. The minimum absolute atomic E-state index is 0.119. The fourth-order valence-corrected chi connectivity index (χ4v) is 2.34. The van der Waals surface area contributed by atoms with Gasteiger partial charge in [0, 0.05) is 17.6 Å². The van der Waals surface area contributed by atoms with Crippen molar-refractivity contribution in [3.63, 3.8) is 0 Å². The van der Waals surface area contributed by atoms with E-state index in [0.717, 1.165) is 11.4 Å². The molecule has 0 aliphatic carbocycles. The van der Waals surface area contributed by atoms with Crippen molar-refractivity contribution in [2.75, 3.05) is 5.75 Å². The van der Waals surface area contributed by atoms with Crippen LogP contribution < -0.4 is 10.9 Å². The zero-order chi connectivity index (χ0) is 15.2. The van der Waals surface area contributed by atoms with Gasteiger partial charge in [0.1, 0.15) is 5.69 Å². The second kappa shape index (κ2) is 6.89. The minimum atomic E-state index is -0.402. The SMILES string of the molecule is Cc1cc(C)nc(SCC(=O)NNC(=O)c2ccc[nH]2)n1. The Morgan fingerprint density at radius 2 is 1.95 bits per heavy atom. The topological polar surface area (TPSA) is 99.8 Å². The number of rotatable bonds is 4. The second-order valence-electron chi connectivity index (χ2n) is 4.31. The fourth-order valence-electron chi connectivity index (χ4n) is 1.59. The van der Waals surface area contributed by atoms with Gasteiger partial charge in [-0.05, 0) is 32.0 Å². The average Bonchev–Trinajstić information content (AvgIpc) is 2.95. The average molecular weight is 305 g/mol. The number of hydrazine groups is 1. The highest BCUT2D eigenvalue weighted by atomic mass is 32.2. The highest BCUT2D eigenvalue weighted by molar-refractivity contribution is 7.99. The zero-order valence-corrected chi connectivity index (χ0v) is 12.5. The summed E-state index contributed by atoms with van der Waals surface area (Å²) < 4.78 is 0. The molecule has 110 valence electrons. The van der Waals surface area contributed by atoms with Crippen LogP contribution in [0.1, 0.15) is 21.9 Å². The lowest BCUT2D eigenvalue weighted by molar-refractivity contribution is -0.119. The smallest absolute Gasteiger partial charge is 0.286 e. The minimum Gasteiger partial charge on any atom is -0.357 e. The Morgan fingerprint density at radius 3 is 2.57 bits per heavy atom. The van der Waals surface area contributed by atoms with Gasteiger partial charge in [-0.2, -0.15) is 0 Å². The molecule has 0 atom stereocenters. The van der Waals surface area contributed by atoms with E-state index in [-0.39, 0.29) is 11.7 Å². The van der Waals surface area contributed by atoms with E-state index in [4.69, 9.17) is 0 Å². The molecule has 2 aromatic rings. The fraction of sp³-hybridized carbons (Fsp3) is 0.231. The van der Waals surface area contributed by atoms with E-state index in [1.165, 1.54) is 11.8 Å². The molecule has 0 saturated carbocycles. The lowest BCUT2D eigenvalue weighted by Gasteiger charge is -2.06. The number of aromatic amines is 1. The number of nitrogens with zero attached hydrogens (tertiary/aromatic N) is 2. The van der Waals surface area contributed by atoms with Gasteiger partial charge < -0.3 is 4.98 Å². The molecule has 0 saturated heterocycles. The number of carbonyl (C=O) groups is 2. The first-order chi connectivity index (χ1) is 10.0. The van der Waals surface area contributed by atoms with E-state index in [1.807, 2.05) is 19.9 Å². The molecule has 0 bridgehead atoms. The number of aryl methyl sites for hydroxylation is 2. The molecule has 2 heterocycles. The molecule has 0 fully saturated rings. The van der Waals surface area contributed by atoms with Crippen LogP contribution in [0.2, 0.25) is 0 Å². The van der Waals surface area contributed by atoms with Gasteiger partial charge in [0.2, 0.25) is 5.91 Å². The van der Waals surface area contributed by atoms with Crippen LogP contribution >= 0.6 is 11.8 Å². The summed E-state index contributed by atoms with van der Waals surface area (Å²) in [7, 11) is 0. The summed E-state index contributed by atoms with van der Waals surface area (Å²) in [6.45, 7) is 3.74. The lowest BCUT2D eigenvalue weighted by atomic mass is 10.4. The summed E-state index contributed by atoms with van der Waals surface area (Å²) in [5.41, 5.74) is 6.74. The third kappa shape index (κ3) is 4.60. The summed E-state index contributed by atoms with van der Waals surface area (Å²) in [6, 6.07) is 5.17. The Hall–Kier alpha value is -2.35. The molecule has 2 rings (SSSR count). The van der Waals surface area contributed by atoms with Gasteiger partial charge in [-0.25, -0.2) is 9.97 Å². The third-order valence-corrected chi connectivity index (χ3v) is 3.30. The van der Waals surface area contributed by atoms with Crippen molar-refractivity contribution in [3.8, 4) is 0 Å². The van der Waals surface area contributed by atoms with E-state index in [0.29, 0.717) is 10.9 Å². The van der Waals surface area contributed by atoms with E-state index in [1.54, 1.807) is 18.3 Å². The van der Waals surface area contributed by atoms with Crippen molar-refractivity contribution in [2.45, 2.75) is 19.0 Å². The molecule has 0 unspecified atom stereocenters. The molecule has 21 heavy (non-hydrogen) atoms. The van der Waals surface area contributed by atoms with Crippen LogP contribution in [0.5, 0.6) is 0 Å². The highest BCUT2D eigenvalue weighted by Crippen LogP contribution is 2.13. The Labute approximate surface area is 125 Å². The predicted octanol–water partition coefficient (Wildman–Crippen LogP) is 0.975. The normalized spacial score (nSPS) is 10.2. The van der Waals surface area contributed by atoms with Crippen LogP contribution in [-0.4, -0.2) is 32.5 Å². The first kappa shape index (κ1) is 15.0. The summed E-state index contributed by atoms with van der Waals surface area (Å²) in [5.74, 6) is -0.614. The number of nitrogens with one attached hydrogen (secondary N) is 3. The van der Waals surface area contributed by atoms with E-state index in [9.17, 15) is 9.59 Å². The van der Waals surface area contributed by atoms with Crippen molar-refractivity contribution in [1.29, 1.82) is 0 Å². The van der Waals surface area contributed by atoms with E-state index >= 15 is 0 Å². The number of H-pyrrole nitrogens is 1.